The largest absolute Gasteiger partial charge is 0.416 e. The first-order valence-electron chi connectivity index (χ1n) is 8.90. The summed E-state index contributed by atoms with van der Waals surface area (Å²) in [6, 6.07) is 12.8. The molecular formula is C21H25F3N2O. The van der Waals surface area contributed by atoms with E-state index >= 15 is 0 Å². The summed E-state index contributed by atoms with van der Waals surface area (Å²) >= 11 is 0. The predicted molar refractivity (Wildman–Crippen MR) is 102 cm³/mol. The van der Waals surface area contributed by atoms with Crippen LogP contribution in [0.5, 0.6) is 0 Å². The molecule has 0 bridgehead atoms. The van der Waals surface area contributed by atoms with Crippen molar-refractivity contribution in [3.8, 4) is 0 Å². The molecule has 0 heterocycles. The second-order valence-electron chi connectivity index (χ2n) is 6.97. The highest BCUT2D eigenvalue weighted by molar-refractivity contribution is 5.91. The van der Waals surface area contributed by atoms with Crippen molar-refractivity contribution in [1.29, 1.82) is 0 Å². The molecule has 2 aromatic carbocycles. The minimum absolute atomic E-state index is 0.0811. The molecule has 1 N–H and O–H groups in total. The van der Waals surface area contributed by atoms with Crippen LogP contribution in [0.15, 0.2) is 48.5 Å². The number of amides is 1. The normalized spacial score (nSPS) is 11.9. The molecule has 0 atom stereocenters. The molecule has 27 heavy (non-hydrogen) atoms. The van der Waals surface area contributed by atoms with Gasteiger partial charge in [0.15, 0.2) is 0 Å². The summed E-state index contributed by atoms with van der Waals surface area (Å²) in [4.78, 5) is 14.1. The molecule has 0 aliphatic heterocycles. The smallest absolute Gasteiger partial charge is 0.326 e. The van der Waals surface area contributed by atoms with Gasteiger partial charge in [-0.3, -0.25) is 4.79 Å². The number of alkyl halides is 3. The van der Waals surface area contributed by atoms with Crippen molar-refractivity contribution in [3.63, 3.8) is 0 Å². The summed E-state index contributed by atoms with van der Waals surface area (Å²) < 4.78 is 37.8. The molecule has 0 aliphatic carbocycles. The Bertz CT molecular complexity index is 755. The van der Waals surface area contributed by atoms with E-state index in [0.29, 0.717) is 25.4 Å². The Balaban J connectivity index is 1.85. The molecule has 1 amide bonds. The Kier molecular flexibility index (Phi) is 7.02. The third kappa shape index (κ3) is 6.40. The molecule has 0 saturated carbocycles. The Morgan fingerprint density at radius 2 is 1.70 bits per heavy atom. The van der Waals surface area contributed by atoms with Crippen molar-refractivity contribution in [1.82, 2.24) is 4.90 Å². The van der Waals surface area contributed by atoms with E-state index in [2.05, 4.69) is 19.2 Å². The van der Waals surface area contributed by atoms with Gasteiger partial charge in [0.2, 0.25) is 5.91 Å². The number of carbonyl (C=O) groups excluding carboxylic acids is 1. The van der Waals surface area contributed by atoms with E-state index in [4.69, 9.17) is 0 Å². The number of rotatable bonds is 7. The second kappa shape index (κ2) is 9.04. The van der Waals surface area contributed by atoms with Crippen molar-refractivity contribution >= 4 is 11.6 Å². The zero-order valence-corrected chi connectivity index (χ0v) is 15.8. The van der Waals surface area contributed by atoms with Gasteiger partial charge in [0, 0.05) is 25.2 Å². The van der Waals surface area contributed by atoms with E-state index in [-0.39, 0.29) is 5.91 Å². The average Bonchev–Trinajstić information content (AvgIpc) is 2.60. The molecular weight excluding hydrogens is 353 g/mol. The molecule has 0 spiro atoms. The van der Waals surface area contributed by atoms with Gasteiger partial charge in [0.05, 0.1) is 5.56 Å². The van der Waals surface area contributed by atoms with Crippen LogP contribution in [0, 0.1) is 0 Å². The highest BCUT2D eigenvalue weighted by Crippen LogP contribution is 2.29. The summed E-state index contributed by atoms with van der Waals surface area (Å²) in [6.07, 6.45) is -4.02. The number of hydrogen-bond donors (Lipinski definition) is 1. The number of nitrogens with zero attached hydrogens (tertiary/aromatic N) is 1. The monoisotopic (exact) mass is 378 g/mol. The summed E-state index contributed by atoms with van der Waals surface area (Å²) in [5.41, 5.74) is 2.03. The third-order valence-corrected chi connectivity index (χ3v) is 4.31. The molecule has 0 fully saturated rings. The third-order valence-electron chi connectivity index (χ3n) is 4.31. The summed E-state index contributed by atoms with van der Waals surface area (Å²) in [5.74, 6) is 0.228. The van der Waals surface area contributed by atoms with E-state index in [0.717, 1.165) is 28.9 Å². The van der Waals surface area contributed by atoms with Crippen LogP contribution in [0.3, 0.4) is 0 Å². The summed E-state index contributed by atoms with van der Waals surface area (Å²) in [6.45, 7) is 5.14. The quantitative estimate of drug-likeness (QED) is 0.710. The lowest BCUT2D eigenvalue weighted by Crippen LogP contribution is -2.24. The molecule has 0 aliphatic rings. The van der Waals surface area contributed by atoms with Gasteiger partial charge in [-0.05, 0) is 42.3 Å². The number of nitrogens with one attached hydrogen (secondary N) is 1. The molecule has 0 radical (unpaired) electrons. The summed E-state index contributed by atoms with van der Waals surface area (Å²) in [7, 11) is 1.84. The number of anilines is 1. The van der Waals surface area contributed by atoms with Crippen LogP contribution < -0.4 is 5.32 Å². The number of benzene rings is 2. The first-order valence-corrected chi connectivity index (χ1v) is 8.90. The van der Waals surface area contributed by atoms with Gasteiger partial charge in [0.25, 0.3) is 0 Å². The van der Waals surface area contributed by atoms with Crippen LogP contribution in [-0.2, 0) is 17.5 Å². The van der Waals surface area contributed by atoms with Crippen LogP contribution in [0.4, 0.5) is 18.9 Å². The second-order valence-corrected chi connectivity index (χ2v) is 6.97. The maximum Gasteiger partial charge on any atom is 0.416 e. The fourth-order valence-electron chi connectivity index (χ4n) is 2.81. The number of hydrogen-bond acceptors (Lipinski definition) is 2. The van der Waals surface area contributed by atoms with Gasteiger partial charge < -0.3 is 10.2 Å². The molecule has 6 heteroatoms. The van der Waals surface area contributed by atoms with Gasteiger partial charge in [-0.15, -0.1) is 0 Å². The summed E-state index contributed by atoms with van der Waals surface area (Å²) in [5, 5.41) is 2.94. The lowest BCUT2D eigenvalue weighted by molar-refractivity contribution is -0.137. The van der Waals surface area contributed by atoms with Crippen molar-refractivity contribution in [3.05, 3.63) is 65.2 Å². The van der Waals surface area contributed by atoms with Gasteiger partial charge in [-0.2, -0.15) is 13.2 Å². The van der Waals surface area contributed by atoms with Crippen LogP contribution in [0.2, 0.25) is 0 Å². The Hall–Kier alpha value is -2.34. The van der Waals surface area contributed by atoms with Gasteiger partial charge in [-0.1, -0.05) is 44.2 Å². The molecule has 0 aromatic heterocycles. The fourth-order valence-corrected chi connectivity index (χ4v) is 2.81. The fraction of sp³-hybridized carbons (Fsp3) is 0.381. The van der Waals surface area contributed by atoms with Gasteiger partial charge in [0.1, 0.15) is 0 Å². The first-order chi connectivity index (χ1) is 12.7. The standard InChI is InChI=1S/C21H25F3N2O/c1-15(2)18-6-4-5-7-19(18)25-20(27)12-13-26(3)14-16-8-10-17(11-9-16)21(22,23)24/h4-11,15H,12-14H2,1-3H3,(H,25,27). The van der Waals surface area contributed by atoms with Crippen LogP contribution >= 0.6 is 0 Å². The average molecular weight is 378 g/mol. The van der Waals surface area contributed by atoms with E-state index in [1.54, 1.807) is 0 Å². The van der Waals surface area contributed by atoms with Crippen molar-refractivity contribution in [2.75, 3.05) is 18.9 Å². The van der Waals surface area contributed by atoms with E-state index in [1.807, 2.05) is 36.2 Å². The number of para-hydroxylation sites is 1. The Morgan fingerprint density at radius 3 is 2.30 bits per heavy atom. The topological polar surface area (TPSA) is 32.3 Å². The van der Waals surface area contributed by atoms with Crippen LogP contribution in [0.1, 0.15) is 42.9 Å². The molecule has 146 valence electrons. The van der Waals surface area contributed by atoms with E-state index < -0.39 is 11.7 Å². The maximum absolute atomic E-state index is 12.6. The molecule has 0 saturated heterocycles. The zero-order chi connectivity index (χ0) is 20.0. The lowest BCUT2D eigenvalue weighted by atomic mass is 10.0. The van der Waals surface area contributed by atoms with Crippen molar-refractivity contribution in [2.24, 2.45) is 0 Å². The molecule has 3 nitrogen and oxygen atoms in total. The number of halogens is 3. The highest BCUT2D eigenvalue weighted by atomic mass is 19.4. The predicted octanol–water partition coefficient (Wildman–Crippen LogP) is 5.29. The molecule has 2 aromatic rings. The van der Waals surface area contributed by atoms with Gasteiger partial charge in [-0.25, -0.2) is 0 Å². The lowest BCUT2D eigenvalue weighted by Gasteiger charge is -2.18. The molecule has 2 rings (SSSR count). The zero-order valence-electron chi connectivity index (χ0n) is 15.8. The van der Waals surface area contributed by atoms with Crippen LogP contribution in [0.25, 0.3) is 0 Å². The Morgan fingerprint density at radius 1 is 1.07 bits per heavy atom. The van der Waals surface area contributed by atoms with Gasteiger partial charge >= 0.3 is 6.18 Å². The first kappa shape index (κ1) is 21.0. The van der Waals surface area contributed by atoms with Crippen molar-refractivity contribution in [2.45, 2.75) is 38.9 Å². The van der Waals surface area contributed by atoms with E-state index in [9.17, 15) is 18.0 Å². The minimum Gasteiger partial charge on any atom is -0.326 e. The number of carbonyl (C=O) groups is 1. The Labute approximate surface area is 158 Å². The van der Waals surface area contributed by atoms with Crippen molar-refractivity contribution < 1.29 is 18.0 Å². The van der Waals surface area contributed by atoms with E-state index in [1.165, 1.54) is 12.1 Å². The SMILES string of the molecule is CC(C)c1ccccc1NC(=O)CCN(C)Cc1ccc(C(F)(F)F)cc1. The highest BCUT2D eigenvalue weighted by Gasteiger charge is 2.29. The molecule has 0 unspecified atom stereocenters. The van der Waals surface area contributed by atoms with Crippen LogP contribution in [-0.4, -0.2) is 24.4 Å². The minimum atomic E-state index is -4.32. The maximum atomic E-state index is 12.6.